The Labute approximate surface area is 228 Å². The summed E-state index contributed by atoms with van der Waals surface area (Å²) in [5.41, 5.74) is 1.60. The Morgan fingerprint density at radius 1 is 0.875 bits per heavy atom. The maximum atomic E-state index is 13.2. The summed E-state index contributed by atoms with van der Waals surface area (Å²) < 4.78 is 57.6. The highest BCUT2D eigenvalue weighted by Crippen LogP contribution is 2.37. The van der Waals surface area contributed by atoms with Gasteiger partial charge in [-0.2, -0.15) is 0 Å². The molecule has 0 saturated carbocycles. The molecule has 0 bridgehead atoms. The number of ether oxygens (including phenoxy) is 3. The number of imidazole rings is 1. The lowest BCUT2D eigenvalue weighted by molar-refractivity contribution is 0.327. The molecule has 0 aliphatic carbocycles. The fourth-order valence-corrected chi connectivity index (χ4v) is 5.28. The molecule has 4 aromatic heterocycles. The molecular weight excluding hydrogens is 541 g/mol. The number of sulfone groups is 1. The Morgan fingerprint density at radius 2 is 1.57 bits per heavy atom. The molecule has 0 fully saturated rings. The van der Waals surface area contributed by atoms with Crippen molar-refractivity contribution in [2.75, 3.05) is 20.8 Å². The Balaban J connectivity index is 1.66. The fourth-order valence-electron chi connectivity index (χ4n) is 4.05. The van der Waals surface area contributed by atoms with E-state index < -0.39 is 27.2 Å². The second-order valence-electron chi connectivity index (χ2n) is 8.43. The minimum Gasteiger partial charge on any atom is -0.494 e. The Bertz CT molecular complexity index is 1760. The van der Waals surface area contributed by atoms with Crippen LogP contribution >= 0.6 is 0 Å². The number of fused-ring (bicyclic) bond motifs is 1. The molecule has 0 aliphatic heterocycles. The normalized spacial score (nSPS) is 11.5. The quantitative estimate of drug-likeness (QED) is 0.246. The molecule has 5 aromatic rings. The minimum absolute atomic E-state index is 0.0261. The van der Waals surface area contributed by atoms with Gasteiger partial charge >= 0.3 is 0 Å². The maximum Gasteiger partial charge on any atom is 0.213 e. The molecule has 206 valence electrons. The second-order valence-corrected chi connectivity index (χ2v) is 10.5. The van der Waals surface area contributed by atoms with Gasteiger partial charge in [-0.15, -0.1) is 0 Å². The zero-order valence-corrected chi connectivity index (χ0v) is 22.6. The fraction of sp³-hybridized carbons (Fsp3) is 0.231. The van der Waals surface area contributed by atoms with Crippen LogP contribution in [0.4, 0.5) is 4.39 Å². The molecular formula is C26H24FN7O5S. The molecule has 0 atom stereocenters. The van der Waals surface area contributed by atoms with E-state index in [2.05, 4.69) is 29.9 Å². The van der Waals surface area contributed by atoms with Crippen LogP contribution in [0.15, 0.2) is 55.0 Å². The number of halogens is 1. The first-order valence-corrected chi connectivity index (χ1v) is 13.9. The Hall–Kier alpha value is -4.72. The zero-order chi connectivity index (χ0) is 28.3. The van der Waals surface area contributed by atoms with Gasteiger partial charge in [0.15, 0.2) is 32.8 Å². The van der Waals surface area contributed by atoms with Crippen LogP contribution in [0.3, 0.4) is 0 Å². The number of benzene rings is 1. The largest absolute Gasteiger partial charge is 0.494 e. The summed E-state index contributed by atoms with van der Waals surface area (Å²) in [6, 6.07) is 10.6. The number of hydrogen-bond acceptors (Lipinski definition) is 11. The molecule has 12 nitrogen and oxygen atoms in total. The van der Waals surface area contributed by atoms with Crippen molar-refractivity contribution in [1.29, 1.82) is 0 Å². The highest BCUT2D eigenvalue weighted by molar-refractivity contribution is 7.89. The highest BCUT2D eigenvalue weighted by atomic mass is 32.2. The first-order valence-electron chi connectivity index (χ1n) is 12.0. The third-order valence-electron chi connectivity index (χ3n) is 5.68. The van der Waals surface area contributed by atoms with Crippen LogP contribution in [-0.4, -0.2) is 63.7 Å². The summed E-state index contributed by atoms with van der Waals surface area (Å²) in [4.78, 5) is 25.8. The molecule has 0 unspecified atom stereocenters. The summed E-state index contributed by atoms with van der Waals surface area (Å²) in [6.07, 6.45) is 3.17. The molecule has 0 spiro atoms. The number of hydrogen-bond donors (Lipinski definition) is 0. The lowest BCUT2D eigenvalue weighted by atomic mass is 10.2. The van der Waals surface area contributed by atoms with E-state index in [0.717, 1.165) is 12.4 Å². The minimum atomic E-state index is -3.79. The van der Waals surface area contributed by atoms with Gasteiger partial charge in [-0.25, -0.2) is 42.7 Å². The van der Waals surface area contributed by atoms with Gasteiger partial charge in [0, 0.05) is 6.07 Å². The first kappa shape index (κ1) is 26.9. The van der Waals surface area contributed by atoms with Crippen LogP contribution < -0.4 is 14.2 Å². The third kappa shape index (κ3) is 5.52. The predicted octanol–water partition coefficient (Wildman–Crippen LogP) is 3.34. The van der Waals surface area contributed by atoms with Crippen molar-refractivity contribution in [1.82, 2.24) is 34.5 Å². The van der Waals surface area contributed by atoms with Crippen molar-refractivity contribution < 1.29 is 27.0 Å². The number of nitrogens with zero attached hydrogens (tertiary/aromatic N) is 7. The molecule has 0 saturated heterocycles. The van der Waals surface area contributed by atoms with Gasteiger partial charge in [0.1, 0.15) is 34.5 Å². The van der Waals surface area contributed by atoms with Crippen molar-refractivity contribution in [3.05, 3.63) is 72.3 Å². The first-order chi connectivity index (χ1) is 19.3. The molecule has 4 heterocycles. The highest BCUT2D eigenvalue weighted by Gasteiger charge is 2.25. The molecule has 0 amide bonds. The lowest BCUT2D eigenvalue weighted by Crippen LogP contribution is -2.12. The maximum absolute atomic E-state index is 13.2. The van der Waals surface area contributed by atoms with Crippen molar-refractivity contribution in [2.24, 2.45) is 0 Å². The van der Waals surface area contributed by atoms with Gasteiger partial charge in [0.25, 0.3) is 0 Å². The van der Waals surface area contributed by atoms with Gasteiger partial charge in [0.2, 0.25) is 5.88 Å². The van der Waals surface area contributed by atoms with Crippen molar-refractivity contribution in [3.8, 4) is 34.6 Å². The van der Waals surface area contributed by atoms with E-state index in [1.165, 1.54) is 20.4 Å². The van der Waals surface area contributed by atoms with Crippen LogP contribution in [-0.2, 0) is 21.3 Å². The zero-order valence-electron chi connectivity index (χ0n) is 21.8. The monoisotopic (exact) mass is 565 g/mol. The second kappa shape index (κ2) is 11.2. The van der Waals surface area contributed by atoms with Crippen LogP contribution in [0.25, 0.3) is 28.5 Å². The van der Waals surface area contributed by atoms with E-state index in [-0.39, 0.29) is 22.8 Å². The van der Waals surface area contributed by atoms with E-state index in [9.17, 15) is 12.8 Å². The standard InChI is InChI=1S/C26H24FN7O5S/c1-4-39-22-10-5-7-18(32-22)25-33-24-26(34(25)23-19(37-2)8-6-9-20(23)38-3)31-17(13-30-24)14-40(35,36)15-21-28-11-16(27)12-29-21/h5-13H,4,14-15H2,1-3H3. The lowest BCUT2D eigenvalue weighted by Gasteiger charge is -2.16. The van der Waals surface area contributed by atoms with Crippen molar-refractivity contribution in [3.63, 3.8) is 0 Å². The number of methoxy groups -OCH3 is 2. The molecule has 0 aliphatic rings. The molecule has 1 aromatic carbocycles. The van der Waals surface area contributed by atoms with E-state index in [1.807, 2.05) is 6.92 Å². The molecule has 5 rings (SSSR count). The van der Waals surface area contributed by atoms with Gasteiger partial charge in [-0.1, -0.05) is 12.1 Å². The smallest absolute Gasteiger partial charge is 0.213 e. The number of para-hydroxylation sites is 1. The van der Waals surface area contributed by atoms with E-state index in [1.54, 1.807) is 41.0 Å². The summed E-state index contributed by atoms with van der Waals surface area (Å²) in [7, 11) is -0.747. The SMILES string of the molecule is CCOc1cccc(-c2nc3ncc(CS(=O)(=O)Cc4ncc(F)cn4)nc3n2-c2c(OC)cccc2OC)n1. The van der Waals surface area contributed by atoms with Crippen molar-refractivity contribution in [2.45, 2.75) is 18.4 Å². The molecule has 40 heavy (non-hydrogen) atoms. The summed E-state index contributed by atoms with van der Waals surface area (Å²) in [6.45, 7) is 2.28. The Morgan fingerprint density at radius 3 is 2.25 bits per heavy atom. The third-order valence-corrected chi connectivity index (χ3v) is 7.12. The number of aromatic nitrogens is 7. The average Bonchev–Trinajstić information content (AvgIpc) is 3.32. The van der Waals surface area contributed by atoms with Gasteiger partial charge in [-0.05, 0) is 25.1 Å². The van der Waals surface area contributed by atoms with E-state index in [0.29, 0.717) is 41.2 Å². The Kier molecular flexibility index (Phi) is 7.51. The molecule has 14 heteroatoms. The van der Waals surface area contributed by atoms with Crippen LogP contribution in [0.5, 0.6) is 17.4 Å². The van der Waals surface area contributed by atoms with Gasteiger partial charge in [-0.3, -0.25) is 4.57 Å². The summed E-state index contributed by atoms with van der Waals surface area (Å²) in [5.74, 6) is 0.0321. The number of rotatable bonds is 10. The topological polar surface area (TPSA) is 144 Å². The van der Waals surface area contributed by atoms with Crippen LogP contribution in [0.1, 0.15) is 18.4 Å². The summed E-state index contributed by atoms with van der Waals surface area (Å²) in [5, 5.41) is 0. The average molecular weight is 566 g/mol. The molecule has 0 N–H and O–H groups in total. The van der Waals surface area contributed by atoms with Gasteiger partial charge < -0.3 is 14.2 Å². The number of pyridine rings is 1. The van der Waals surface area contributed by atoms with Crippen molar-refractivity contribution >= 4 is 21.1 Å². The van der Waals surface area contributed by atoms with Crippen LogP contribution in [0, 0.1) is 5.82 Å². The predicted molar refractivity (Wildman–Crippen MR) is 142 cm³/mol. The van der Waals surface area contributed by atoms with E-state index >= 15 is 0 Å². The summed E-state index contributed by atoms with van der Waals surface area (Å²) >= 11 is 0. The van der Waals surface area contributed by atoms with Crippen LogP contribution in [0.2, 0.25) is 0 Å². The van der Waals surface area contributed by atoms with Gasteiger partial charge in [0.05, 0.1) is 50.9 Å². The molecule has 0 radical (unpaired) electrons. The van der Waals surface area contributed by atoms with E-state index in [4.69, 9.17) is 14.2 Å².